The van der Waals surface area contributed by atoms with Crippen molar-refractivity contribution in [3.8, 4) is 22.5 Å². The molecule has 10 heterocycles. The van der Waals surface area contributed by atoms with Crippen molar-refractivity contribution in [3.63, 3.8) is 0 Å². The minimum atomic E-state index is -1.13. The number of carbonyl (C=O) groups is 5. The van der Waals surface area contributed by atoms with Crippen LogP contribution in [-0.4, -0.2) is 172 Å². The van der Waals surface area contributed by atoms with E-state index in [2.05, 4.69) is 65.5 Å². The number of piperidine rings is 1. The number of halogens is 1. The zero-order valence-electron chi connectivity index (χ0n) is 46.5. The normalized spacial score (nSPS) is 27.9. The van der Waals surface area contributed by atoms with Gasteiger partial charge in [-0.25, -0.2) is 14.8 Å². The topological polar surface area (TPSA) is 182 Å². The maximum absolute atomic E-state index is 16.1. The zero-order valence-corrected chi connectivity index (χ0v) is 48.7. The summed E-state index contributed by atoms with van der Waals surface area (Å²) in [6.45, 7) is 20.5. The lowest BCUT2D eigenvalue weighted by molar-refractivity contribution is -0.843. The number of quaternary nitrogens is 1. The maximum atomic E-state index is 16.1. The van der Waals surface area contributed by atoms with Gasteiger partial charge in [-0.1, -0.05) is 44.4 Å². The summed E-state index contributed by atoms with van der Waals surface area (Å²) in [5.41, 5.74) is 4.55. The molecule has 5 saturated heterocycles. The number of cyclic esters (lactones) is 1. The van der Waals surface area contributed by atoms with Crippen molar-refractivity contribution in [3.05, 3.63) is 78.5 Å². The van der Waals surface area contributed by atoms with Crippen molar-refractivity contribution in [1.29, 1.82) is 0 Å². The molecule has 78 heavy (non-hydrogen) atoms. The number of hydrogen-bond donors (Lipinski definition) is 1. The first-order valence-electron chi connectivity index (χ1n) is 28.0. The van der Waals surface area contributed by atoms with E-state index >= 15 is 9.59 Å². The van der Waals surface area contributed by atoms with Crippen molar-refractivity contribution in [1.82, 2.24) is 44.5 Å². The first-order valence-corrected chi connectivity index (χ1v) is 30.5. The standard InChI is InChI=1S/C59H75IN10O8/c1-10-47(71)67-28-29-78-58(34-67)20-26-66(27-21-58)56(75)65(8)49(36(3)4)52(72)64-54-59(19-22-60-54)32-46-61-24-18-43(63-46)38-16-17-44-41(30-38)42(50(68(44)11-2)39-14-12-23-62-48(39)37(5)76-9)31-57(6,7)35-77-53(73)40-15-13-25-69(55(59)74)70-33-45(70)51(40)70/h10,12,14,16-18,22-24,30,36-37,40,45,49,51,54H,1,11,13,15,19-21,25-29,31-35H2,2-9H3/p+1/t37-,40+,45?,49-,51?,54?,59+,70?/m0/s1. The summed E-state index contributed by atoms with van der Waals surface area (Å²) in [4.78, 5) is 92.8. The van der Waals surface area contributed by atoms with Gasteiger partial charge in [-0.2, -0.15) is 9.60 Å². The third kappa shape index (κ3) is 9.34. The number of carbonyl (C=O) groups excluding carboxylic acids is 5. The number of morpholine rings is 1. The van der Waals surface area contributed by atoms with Crippen LogP contribution in [0.15, 0.2) is 61.4 Å². The number of nitrogens with zero attached hydrogens (tertiary/aromatic N) is 9. The second kappa shape index (κ2) is 20.8. The lowest BCUT2D eigenvalue weighted by atomic mass is 9.79. The Labute approximate surface area is 467 Å². The first-order chi connectivity index (χ1) is 37.4. The Morgan fingerprint density at radius 1 is 1.04 bits per heavy atom. The Kier molecular flexibility index (Phi) is 14.5. The van der Waals surface area contributed by atoms with E-state index in [9.17, 15) is 14.4 Å². The van der Waals surface area contributed by atoms with E-state index in [1.54, 1.807) is 35.1 Å². The van der Waals surface area contributed by atoms with Gasteiger partial charge in [0.1, 0.15) is 17.8 Å². The van der Waals surface area contributed by atoms with Crippen molar-refractivity contribution in [2.75, 3.05) is 66.6 Å². The highest BCUT2D eigenvalue weighted by Crippen LogP contribution is 2.64. The molecule has 8 atom stereocenters. The fourth-order valence-corrected chi connectivity index (χ4v) is 17.3. The van der Waals surface area contributed by atoms with E-state index in [4.69, 9.17) is 29.2 Å². The number of nitrogens with one attached hydrogen (secondary N) is 1. The number of hydrogen-bond acceptors (Lipinski definition) is 11. The first kappa shape index (κ1) is 54.3. The van der Waals surface area contributed by atoms with Crippen LogP contribution >= 0.6 is 20.7 Å². The van der Waals surface area contributed by atoms with Crippen LogP contribution < -0.4 is 5.32 Å². The molecule has 1 N–H and O–H groups in total. The van der Waals surface area contributed by atoms with E-state index in [1.807, 2.05) is 44.1 Å². The molecule has 4 unspecified atom stereocenters. The van der Waals surface area contributed by atoms with Gasteiger partial charge < -0.3 is 38.8 Å². The summed E-state index contributed by atoms with van der Waals surface area (Å²) in [6.07, 6.45) is 8.26. The van der Waals surface area contributed by atoms with E-state index in [1.165, 1.54) is 6.08 Å². The molecule has 18 nitrogen and oxygen atoms in total. The van der Waals surface area contributed by atoms with E-state index in [-0.39, 0.29) is 72.8 Å². The van der Waals surface area contributed by atoms with Gasteiger partial charge >= 0.3 is 12.0 Å². The molecule has 7 aliphatic rings. The molecule has 4 aromatic rings. The highest BCUT2D eigenvalue weighted by molar-refractivity contribution is 14.2. The molecule has 11 rings (SSSR count). The van der Waals surface area contributed by atoms with Gasteiger partial charge in [0.05, 0.1) is 64.6 Å². The highest BCUT2D eigenvalue weighted by Gasteiger charge is 2.91. The molecule has 19 heteroatoms. The van der Waals surface area contributed by atoms with Crippen LogP contribution in [0.1, 0.15) is 96.8 Å². The number of ether oxygens (including phenoxy) is 3. The van der Waals surface area contributed by atoms with Gasteiger partial charge in [-0.05, 0) is 100 Å². The van der Waals surface area contributed by atoms with Gasteiger partial charge in [0.2, 0.25) is 17.9 Å². The monoisotopic (exact) mass is 1180 g/mol. The molecule has 416 valence electrons. The second-order valence-corrected chi connectivity index (χ2v) is 26.8. The summed E-state index contributed by atoms with van der Waals surface area (Å²) in [7, 11) is 3.40. The number of aryl methyl sites for hydroxylation is 1. The quantitative estimate of drug-likeness (QED) is 0.0352. The number of likely N-dealkylation sites (N-methyl/N-ethyl adjacent to an activating group) is 1. The number of pyridine rings is 1. The Morgan fingerprint density at radius 2 is 1.83 bits per heavy atom. The van der Waals surface area contributed by atoms with Crippen molar-refractivity contribution in [2.45, 2.75) is 127 Å². The lowest BCUT2D eigenvalue weighted by Gasteiger charge is -2.47. The van der Waals surface area contributed by atoms with Gasteiger partial charge in [0.15, 0.2) is 12.6 Å². The van der Waals surface area contributed by atoms with Crippen LogP contribution in [0.5, 0.6) is 0 Å². The second-order valence-electron chi connectivity index (χ2n) is 24.0. The average molecular weight is 1180 g/mol. The summed E-state index contributed by atoms with van der Waals surface area (Å²) in [5, 5.41) is 6.54. The van der Waals surface area contributed by atoms with Crippen LogP contribution in [0.25, 0.3) is 33.4 Å². The molecule has 5 fully saturated rings. The number of aromatic nitrogens is 4. The van der Waals surface area contributed by atoms with Crippen LogP contribution in [0, 0.1) is 22.7 Å². The largest absolute Gasteiger partial charge is 0.465 e. The Morgan fingerprint density at radius 3 is 2.56 bits per heavy atom. The molecule has 6 bridgehead atoms. The third-order valence-electron chi connectivity index (χ3n) is 18.2. The minimum absolute atomic E-state index is 0.0450. The molecule has 0 saturated carbocycles. The van der Waals surface area contributed by atoms with Gasteiger partial charge in [0, 0.05) is 86.6 Å². The van der Waals surface area contributed by atoms with Crippen LogP contribution in [0.2, 0.25) is 0 Å². The predicted molar refractivity (Wildman–Crippen MR) is 304 cm³/mol. The number of rotatable bonds is 9. The number of methoxy groups -OCH3 is 1. The third-order valence-corrected chi connectivity index (χ3v) is 21.4. The summed E-state index contributed by atoms with van der Waals surface area (Å²) in [5.74, 6) is -0.774. The summed E-state index contributed by atoms with van der Waals surface area (Å²) in [6, 6.07) is 11.5. The smallest absolute Gasteiger partial charge is 0.320 e. The predicted octanol–water partition coefficient (Wildman–Crippen LogP) is 6.85. The van der Waals surface area contributed by atoms with Gasteiger partial charge in [0.25, 0.3) is 5.91 Å². The fraction of sp³-hybridized carbons (Fsp3) is 0.576. The van der Waals surface area contributed by atoms with Gasteiger partial charge in [-0.3, -0.25) is 24.2 Å². The fourth-order valence-electron chi connectivity index (χ4n) is 13.9. The number of alkyl halides is 1. The number of urea groups is 1. The SMILES string of the molecule is C=CC(=O)N1CCOC2(CCN(C(=O)N(C)[C@H](C(=O)NC3I=CC[C@@]34Cc3nccc(n3)-c3ccc5c(c3)c(c(-c3cccnc3[C@H](C)OC)n5CC)CC(C)(C)COC(=O)[C@@H]3CCCN(C4=O)[N+]45CC4C35)C(C)C)CC2)C1. The minimum Gasteiger partial charge on any atom is -0.465 e. The molecule has 3 aromatic heterocycles. The molecular formula is C59H76IN10O8+. The zero-order chi connectivity index (χ0) is 55.1. The number of fused-ring (bicyclic) bond motifs is 4. The van der Waals surface area contributed by atoms with Crippen molar-refractivity contribution >= 4 is 65.4 Å². The number of benzene rings is 1. The van der Waals surface area contributed by atoms with E-state index in [0.717, 1.165) is 51.2 Å². The summed E-state index contributed by atoms with van der Waals surface area (Å²) < 4.78 is 23.1. The Balaban J connectivity index is 0.942. The molecule has 7 aliphatic heterocycles. The van der Waals surface area contributed by atoms with Crippen LogP contribution in [0.4, 0.5) is 4.79 Å². The number of amides is 5. The molecule has 3 spiro atoms. The van der Waals surface area contributed by atoms with Crippen molar-refractivity contribution in [2.24, 2.45) is 22.7 Å². The highest BCUT2D eigenvalue weighted by atomic mass is 127. The van der Waals surface area contributed by atoms with Crippen LogP contribution in [0.3, 0.4) is 0 Å². The van der Waals surface area contributed by atoms with Crippen molar-refractivity contribution < 1.29 is 42.8 Å². The Hall–Kier alpha value is -5.64. The van der Waals surface area contributed by atoms with E-state index in [0.29, 0.717) is 94.8 Å². The molecule has 5 amide bonds. The number of esters is 1. The maximum Gasteiger partial charge on any atom is 0.320 e. The lowest BCUT2D eigenvalue weighted by Crippen LogP contribution is -2.62. The molecule has 0 aliphatic carbocycles. The summed E-state index contributed by atoms with van der Waals surface area (Å²) >= 11 is -0.880. The van der Waals surface area contributed by atoms with Gasteiger partial charge in [-0.15, -0.1) is 20.7 Å². The molecular weight excluding hydrogens is 1100 g/mol. The number of likely N-dealkylation sites (tertiary alicyclic amines) is 1. The van der Waals surface area contributed by atoms with E-state index < -0.39 is 47.3 Å². The van der Waals surface area contributed by atoms with Crippen LogP contribution in [-0.2, 0) is 52.8 Å². The Bertz CT molecular complexity index is 3100. The molecule has 0 radical (unpaired) electrons. The average Bonchev–Trinajstić information content (AvgIpc) is 4.30. The molecule has 1 aromatic carbocycles.